The van der Waals surface area contributed by atoms with Crippen molar-refractivity contribution in [2.75, 3.05) is 5.75 Å². The lowest BCUT2D eigenvalue weighted by atomic mass is 9.64. The monoisotopic (exact) mass is 274 g/mol. The second kappa shape index (κ2) is 5.94. The minimum atomic E-state index is -2.91. The molecule has 108 valence electrons. The molecule has 1 rings (SSSR count). The molecule has 1 fully saturated rings. The van der Waals surface area contributed by atoms with Crippen LogP contribution in [0.4, 0.5) is 0 Å². The van der Waals surface area contributed by atoms with E-state index in [2.05, 4.69) is 27.7 Å². The molecule has 0 radical (unpaired) electrons. The van der Waals surface area contributed by atoms with Gasteiger partial charge in [0.15, 0.2) is 9.84 Å². The molecule has 1 heterocycles. The Bertz CT molecular complexity index is 353. The third kappa shape index (κ3) is 2.23. The second-order valence-corrected chi connectivity index (χ2v) is 8.37. The quantitative estimate of drug-likeness (QED) is 0.692. The Hall–Kier alpha value is -0.0500. The fourth-order valence-corrected chi connectivity index (χ4v) is 7.44. The van der Waals surface area contributed by atoms with E-state index in [1.807, 2.05) is 0 Å². The minimum absolute atomic E-state index is 0.0556. The van der Waals surface area contributed by atoms with E-state index >= 15 is 0 Å². The van der Waals surface area contributed by atoms with Gasteiger partial charge in [0.05, 0.1) is 10.5 Å². The summed E-state index contributed by atoms with van der Waals surface area (Å²) in [5.74, 6) is 0.418. The van der Waals surface area contributed by atoms with Crippen molar-refractivity contribution in [1.29, 1.82) is 0 Å². The summed E-state index contributed by atoms with van der Waals surface area (Å²) in [4.78, 5) is 0. The van der Waals surface area contributed by atoms with Crippen LogP contribution < -0.4 is 0 Å². The predicted octanol–water partition coefficient (Wildman–Crippen LogP) is 4.34. The van der Waals surface area contributed by atoms with Crippen molar-refractivity contribution >= 4 is 9.84 Å². The van der Waals surface area contributed by atoms with Crippen LogP contribution in [0.2, 0.25) is 0 Å². The van der Waals surface area contributed by atoms with Gasteiger partial charge in [-0.15, -0.1) is 0 Å². The third-order valence-electron chi connectivity index (χ3n) is 5.09. The molecular formula is C15H30O2S. The highest BCUT2D eigenvalue weighted by Crippen LogP contribution is 2.57. The Kier molecular flexibility index (Phi) is 5.28. The van der Waals surface area contributed by atoms with E-state index < -0.39 is 14.6 Å². The summed E-state index contributed by atoms with van der Waals surface area (Å²) in [5, 5.41) is 0. The van der Waals surface area contributed by atoms with Crippen LogP contribution in [0, 0.1) is 5.41 Å². The zero-order chi connectivity index (χ0) is 13.9. The van der Waals surface area contributed by atoms with E-state index in [9.17, 15) is 8.42 Å². The fraction of sp³-hybridized carbons (Fsp3) is 1.00. The molecule has 2 nitrogen and oxygen atoms in total. The van der Waals surface area contributed by atoms with Gasteiger partial charge >= 0.3 is 0 Å². The molecule has 1 aliphatic heterocycles. The molecule has 0 aromatic carbocycles. The molecule has 0 amide bonds. The molecule has 1 aliphatic rings. The van der Waals surface area contributed by atoms with Crippen LogP contribution in [0.5, 0.6) is 0 Å². The molecule has 1 saturated heterocycles. The van der Waals surface area contributed by atoms with E-state index in [-0.39, 0.29) is 5.41 Å². The highest BCUT2D eigenvalue weighted by molar-refractivity contribution is 7.93. The van der Waals surface area contributed by atoms with Crippen LogP contribution in [-0.4, -0.2) is 18.9 Å². The minimum Gasteiger partial charge on any atom is -0.228 e. The average Bonchev–Trinajstić information content (AvgIpc) is 2.52. The van der Waals surface area contributed by atoms with Crippen molar-refractivity contribution in [2.24, 2.45) is 5.41 Å². The van der Waals surface area contributed by atoms with Gasteiger partial charge in [-0.05, 0) is 37.5 Å². The number of hydrogen-bond acceptors (Lipinski definition) is 2. The maximum atomic E-state index is 12.7. The summed E-state index contributed by atoms with van der Waals surface area (Å²) in [6.07, 6.45) is 7.87. The largest absolute Gasteiger partial charge is 0.228 e. The lowest BCUT2D eigenvalue weighted by Gasteiger charge is -2.45. The van der Waals surface area contributed by atoms with E-state index in [1.54, 1.807) is 0 Å². The number of rotatable bonds is 7. The van der Waals surface area contributed by atoms with Gasteiger partial charge in [-0.2, -0.15) is 0 Å². The standard InChI is InChI=1S/C15H30O2S/c1-5-9-14(10-6-2)12-13-18(16,17)15(14,8-4)11-7-3/h5-13H2,1-4H3. The Morgan fingerprint density at radius 3 is 1.78 bits per heavy atom. The average molecular weight is 274 g/mol. The first kappa shape index (κ1) is 16.0. The van der Waals surface area contributed by atoms with Crippen LogP contribution in [0.1, 0.15) is 79.1 Å². The molecular weight excluding hydrogens is 244 g/mol. The van der Waals surface area contributed by atoms with E-state index in [4.69, 9.17) is 0 Å². The van der Waals surface area contributed by atoms with Gasteiger partial charge in [0.2, 0.25) is 0 Å². The molecule has 0 N–H and O–H groups in total. The highest BCUT2D eigenvalue weighted by Gasteiger charge is 2.60. The van der Waals surface area contributed by atoms with Crippen molar-refractivity contribution < 1.29 is 8.42 Å². The second-order valence-electron chi connectivity index (χ2n) is 5.95. The van der Waals surface area contributed by atoms with Crippen LogP contribution >= 0.6 is 0 Å². The fourth-order valence-electron chi connectivity index (χ4n) is 4.47. The van der Waals surface area contributed by atoms with Gasteiger partial charge in [0.25, 0.3) is 0 Å². The van der Waals surface area contributed by atoms with Crippen LogP contribution in [-0.2, 0) is 9.84 Å². The van der Waals surface area contributed by atoms with Crippen molar-refractivity contribution in [3.8, 4) is 0 Å². The zero-order valence-electron chi connectivity index (χ0n) is 12.6. The Balaban J connectivity index is 3.30. The smallest absolute Gasteiger partial charge is 0.156 e. The molecule has 0 bridgehead atoms. The zero-order valence-corrected chi connectivity index (χ0v) is 13.4. The summed E-state index contributed by atoms with van der Waals surface area (Å²) < 4.78 is 24.9. The molecule has 0 aromatic heterocycles. The first-order chi connectivity index (χ1) is 8.45. The third-order valence-corrected chi connectivity index (χ3v) is 7.95. The Morgan fingerprint density at radius 2 is 1.39 bits per heavy atom. The van der Waals surface area contributed by atoms with Crippen molar-refractivity contribution in [2.45, 2.75) is 83.8 Å². The lowest BCUT2D eigenvalue weighted by Crippen LogP contribution is -2.48. The predicted molar refractivity (Wildman–Crippen MR) is 78.6 cm³/mol. The Morgan fingerprint density at radius 1 is 0.889 bits per heavy atom. The topological polar surface area (TPSA) is 34.1 Å². The maximum absolute atomic E-state index is 12.7. The number of sulfone groups is 1. The van der Waals surface area contributed by atoms with Crippen molar-refractivity contribution in [1.82, 2.24) is 0 Å². The molecule has 0 aliphatic carbocycles. The highest BCUT2D eigenvalue weighted by atomic mass is 32.2. The first-order valence-electron chi connectivity index (χ1n) is 7.67. The first-order valence-corrected chi connectivity index (χ1v) is 9.32. The van der Waals surface area contributed by atoms with Crippen LogP contribution in [0.15, 0.2) is 0 Å². The summed E-state index contributed by atoms with van der Waals surface area (Å²) in [6, 6.07) is 0. The molecule has 3 heteroatoms. The van der Waals surface area contributed by atoms with Crippen LogP contribution in [0.25, 0.3) is 0 Å². The van der Waals surface area contributed by atoms with E-state index in [0.29, 0.717) is 5.75 Å². The van der Waals surface area contributed by atoms with E-state index in [0.717, 1.165) is 51.4 Å². The SMILES string of the molecule is CCCC1(CCC)CCS(=O)(=O)C1(CC)CCC. The summed E-state index contributed by atoms with van der Waals surface area (Å²) in [5.41, 5.74) is 0.0556. The maximum Gasteiger partial charge on any atom is 0.156 e. The van der Waals surface area contributed by atoms with Crippen molar-refractivity contribution in [3.63, 3.8) is 0 Å². The van der Waals surface area contributed by atoms with Gasteiger partial charge in [-0.1, -0.05) is 47.0 Å². The normalized spacial score (nSPS) is 29.6. The van der Waals surface area contributed by atoms with Crippen molar-refractivity contribution in [3.05, 3.63) is 0 Å². The molecule has 1 atom stereocenters. The van der Waals surface area contributed by atoms with Gasteiger partial charge in [0.1, 0.15) is 0 Å². The molecule has 0 saturated carbocycles. The molecule has 1 unspecified atom stereocenters. The number of hydrogen-bond donors (Lipinski definition) is 0. The summed E-state index contributed by atoms with van der Waals surface area (Å²) in [7, 11) is -2.91. The Labute approximate surface area is 113 Å². The van der Waals surface area contributed by atoms with E-state index in [1.165, 1.54) is 0 Å². The van der Waals surface area contributed by atoms with Gasteiger partial charge in [-0.25, -0.2) is 8.42 Å². The van der Waals surface area contributed by atoms with Crippen LogP contribution in [0.3, 0.4) is 0 Å². The lowest BCUT2D eigenvalue weighted by molar-refractivity contribution is 0.144. The molecule has 0 aromatic rings. The van der Waals surface area contributed by atoms with Gasteiger partial charge in [-0.3, -0.25) is 0 Å². The molecule has 18 heavy (non-hydrogen) atoms. The molecule has 0 spiro atoms. The van der Waals surface area contributed by atoms with Gasteiger partial charge < -0.3 is 0 Å². The van der Waals surface area contributed by atoms with Gasteiger partial charge in [0, 0.05) is 0 Å². The summed E-state index contributed by atoms with van der Waals surface area (Å²) >= 11 is 0. The summed E-state index contributed by atoms with van der Waals surface area (Å²) in [6.45, 7) is 8.58.